The van der Waals surface area contributed by atoms with Crippen molar-refractivity contribution in [3.8, 4) is 0 Å². The number of fused-ring (bicyclic) bond motifs is 4. The molecule has 0 saturated carbocycles. The first-order valence-electron chi connectivity index (χ1n) is 11.5. The molecule has 1 N–H and O–H groups in total. The smallest absolute Gasteiger partial charge is 0.274 e. The van der Waals surface area contributed by atoms with Crippen LogP contribution in [0.1, 0.15) is 40.4 Å². The van der Waals surface area contributed by atoms with Gasteiger partial charge in [0.1, 0.15) is 5.69 Å². The topological polar surface area (TPSA) is 54.3 Å². The number of aryl methyl sites for hydroxylation is 1. The monoisotopic (exact) mass is 427 g/mol. The van der Waals surface area contributed by atoms with E-state index in [4.69, 9.17) is 0 Å². The molecule has 32 heavy (non-hydrogen) atoms. The summed E-state index contributed by atoms with van der Waals surface area (Å²) in [5.74, 6) is 0.616. The molecule has 3 heterocycles. The Morgan fingerprint density at radius 3 is 2.44 bits per heavy atom. The first-order valence-corrected chi connectivity index (χ1v) is 11.5. The van der Waals surface area contributed by atoms with Crippen LogP contribution in [0.25, 0.3) is 0 Å². The number of nitrogens with zero attached hydrogens (tertiary/aromatic N) is 2. The maximum atomic E-state index is 13.2. The van der Waals surface area contributed by atoms with Crippen LogP contribution in [0.2, 0.25) is 0 Å². The van der Waals surface area contributed by atoms with Gasteiger partial charge in [-0.1, -0.05) is 48.5 Å². The van der Waals surface area contributed by atoms with Crippen LogP contribution >= 0.6 is 0 Å². The van der Waals surface area contributed by atoms with Crippen molar-refractivity contribution in [1.29, 1.82) is 0 Å². The van der Waals surface area contributed by atoms with Crippen molar-refractivity contribution in [2.24, 2.45) is 5.92 Å². The first kappa shape index (κ1) is 20.7. The molecule has 2 bridgehead atoms. The Labute approximate surface area is 188 Å². The van der Waals surface area contributed by atoms with E-state index < -0.39 is 0 Å². The zero-order valence-corrected chi connectivity index (χ0v) is 18.2. The third-order valence-corrected chi connectivity index (χ3v) is 6.75. The van der Waals surface area contributed by atoms with Crippen LogP contribution in [-0.4, -0.2) is 35.0 Å². The fraction of sp³-hybridized carbons (Fsp3) is 0.333. The van der Waals surface area contributed by atoms with Crippen LogP contribution in [0.3, 0.4) is 0 Å². The van der Waals surface area contributed by atoms with E-state index in [1.165, 1.54) is 5.56 Å². The maximum absolute atomic E-state index is 13.2. The van der Waals surface area contributed by atoms with Gasteiger partial charge in [0.05, 0.1) is 0 Å². The van der Waals surface area contributed by atoms with Crippen molar-refractivity contribution in [1.82, 2.24) is 9.47 Å². The van der Waals surface area contributed by atoms with Crippen molar-refractivity contribution < 1.29 is 4.79 Å². The molecular formula is C27H29N3O2. The Balaban J connectivity index is 1.26. The van der Waals surface area contributed by atoms with Gasteiger partial charge in [0.2, 0.25) is 0 Å². The van der Waals surface area contributed by atoms with E-state index in [0.717, 1.165) is 51.1 Å². The van der Waals surface area contributed by atoms with E-state index in [1.807, 2.05) is 28.8 Å². The lowest BCUT2D eigenvalue weighted by Gasteiger charge is -2.43. The number of nitrogens with one attached hydrogen (secondary N) is 1. The van der Waals surface area contributed by atoms with E-state index >= 15 is 0 Å². The molecular weight excluding hydrogens is 398 g/mol. The Hall–Kier alpha value is -3.18. The van der Waals surface area contributed by atoms with Crippen molar-refractivity contribution in [3.63, 3.8) is 0 Å². The summed E-state index contributed by atoms with van der Waals surface area (Å²) in [6.45, 7) is 3.87. The summed E-state index contributed by atoms with van der Waals surface area (Å²) in [5, 5.41) is 2.81. The lowest BCUT2D eigenvalue weighted by molar-refractivity contribution is 0.102. The van der Waals surface area contributed by atoms with Crippen molar-refractivity contribution in [2.45, 2.75) is 31.7 Å². The maximum Gasteiger partial charge on any atom is 0.274 e. The van der Waals surface area contributed by atoms with E-state index in [-0.39, 0.29) is 11.5 Å². The number of benzene rings is 2. The number of anilines is 1. The van der Waals surface area contributed by atoms with Crippen LogP contribution in [-0.2, 0) is 13.0 Å². The summed E-state index contributed by atoms with van der Waals surface area (Å²) >= 11 is 0. The molecule has 0 spiro atoms. The highest BCUT2D eigenvalue weighted by atomic mass is 16.2. The van der Waals surface area contributed by atoms with Gasteiger partial charge in [-0.2, -0.15) is 0 Å². The van der Waals surface area contributed by atoms with Crippen LogP contribution < -0.4 is 10.9 Å². The lowest BCUT2D eigenvalue weighted by Crippen LogP contribution is -2.47. The minimum Gasteiger partial charge on any atom is -0.317 e. The van der Waals surface area contributed by atoms with Gasteiger partial charge in [-0.25, -0.2) is 0 Å². The molecule has 5 nitrogen and oxygen atoms in total. The van der Waals surface area contributed by atoms with Crippen molar-refractivity contribution >= 4 is 11.6 Å². The van der Waals surface area contributed by atoms with E-state index in [1.54, 1.807) is 18.2 Å². The van der Waals surface area contributed by atoms with E-state index in [2.05, 4.69) is 40.5 Å². The average Bonchev–Trinajstić information content (AvgIpc) is 2.82. The standard InChI is InChI=1S/C27H29N3O2/c31-26(22-11-5-2-6-12-22)28-24-13-14-25-23-16-21(18-30(25)27(24)32)17-29(19-23)15-7-10-20-8-3-1-4-9-20/h1-6,8-9,11-14,21,23H,7,10,15-19H2,(H,28,31). The third kappa shape index (κ3) is 4.39. The predicted molar refractivity (Wildman–Crippen MR) is 127 cm³/mol. The van der Waals surface area contributed by atoms with Gasteiger partial charge in [0.15, 0.2) is 0 Å². The largest absolute Gasteiger partial charge is 0.317 e. The van der Waals surface area contributed by atoms with Crippen LogP contribution in [0.5, 0.6) is 0 Å². The summed E-state index contributed by atoms with van der Waals surface area (Å²) < 4.78 is 1.90. The predicted octanol–water partition coefficient (Wildman–Crippen LogP) is 4.15. The van der Waals surface area contributed by atoms with Crippen LogP contribution in [0, 0.1) is 5.92 Å². The highest BCUT2D eigenvalue weighted by molar-refractivity contribution is 6.04. The molecule has 1 amide bonds. The number of rotatable bonds is 6. The second kappa shape index (κ2) is 9.13. The summed E-state index contributed by atoms with van der Waals surface area (Å²) in [6.07, 6.45) is 3.40. The molecule has 2 unspecified atom stereocenters. The van der Waals surface area contributed by atoms with Gasteiger partial charge in [-0.05, 0) is 61.6 Å². The molecule has 5 heteroatoms. The highest BCUT2D eigenvalue weighted by Crippen LogP contribution is 2.35. The number of carbonyl (C=O) groups excluding carboxylic acids is 1. The molecule has 1 aromatic heterocycles. The SMILES string of the molecule is O=C(Nc1ccc2n(c1=O)CC1CC2CN(CCCc2ccccc2)C1)c1ccccc1. The molecule has 1 fully saturated rings. The number of amides is 1. The van der Waals surface area contributed by atoms with Gasteiger partial charge in [0, 0.05) is 36.8 Å². The molecule has 3 aromatic rings. The van der Waals surface area contributed by atoms with Crippen molar-refractivity contribution in [3.05, 3.63) is 100.0 Å². The number of likely N-dealkylation sites (tertiary alicyclic amines) is 1. The molecule has 0 aliphatic carbocycles. The minimum atomic E-state index is -0.246. The lowest BCUT2D eigenvalue weighted by atomic mass is 9.83. The summed E-state index contributed by atoms with van der Waals surface area (Å²) in [7, 11) is 0. The molecule has 0 radical (unpaired) electrons. The van der Waals surface area contributed by atoms with Gasteiger partial charge in [-0.3, -0.25) is 9.59 Å². The van der Waals surface area contributed by atoms with E-state index in [9.17, 15) is 9.59 Å². The van der Waals surface area contributed by atoms with Crippen LogP contribution in [0.4, 0.5) is 5.69 Å². The Morgan fingerprint density at radius 1 is 0.906 bits per heavy atom. The molecule has 2 aromatic carbocycles. The quantitative estimate of drug-likeness (QED) is 0.643. The second-order valence-corrected chi connectivity index (χ2v) is 9.06. The zero-order chi connectivity index (χ0) is 21.9. The van der Waals surface area contributed by atoms with Gasteiger partial charge in [-0.15, -0.1) is 0 Å². The number of piperidine rings is 1. The van der Waals surface area contributed by atoms with E-state index in [0.29, 0.717) is 23.1 Å². The highest BCUT2D eigenvalue weighted by Gasteiger charge is 2.34. The van der Waals surface area contributed by atoms with Crippen LogP contribution in [0.15, 0.2) is 77.6 Å². The Bertz CT molecular complexity index is 1140. The molecule has 1 saturated heterocycles. The average molecular weight is 428 g/mol. The van der Waals surface area contributed by atoms with Gasteiger partial charge < -0.3 is 14.8 Å². The molecule has 5 rings (SSSR count). The van der Waals surface area contributed by atoms with Crippen molar-refractivity contribution in [2.75, 3.05) is 25.0 Å². The number of carbonyl (C=O) groups is 1. The Morgan fingerprint density at radius 2 is 1.66 bits per heavy atom. The zero-order valence-electron chi connectivity index (χ0n) is 18.2. The summed E-state index contributed by atoms with van der Waals surface area (Å²) in [4.78, 5) is 28.2. The molecule has 2 aliphatic heterocycles. The normalized spacial score (nSPS) is 19.9. The fourth-order valence-corrected chi connectivity index (χ4v) is 5.26. The summed E-state index contributed by atoms with van der Waals surface area (Å²) in [5.41, 5.74) is 3.34. The number of hydrogen-bond acceptors (Lipinski definition) is 3. The number of hydrogen-bond donors (Lipinski definition) is 1. The number of pyridine rings is 1. The first-order chi connectivity index (χ1) is 15.7. The number of aromatic nitrogens is 1. The molecule has 164 valence electrons. The summed E-state index contributed by atoms with van der Waals surface area (Å²) in [6, 6.07) is 23.5. The minimum absolute atomic E-state index is 0.0843. The fourth-order valence-electron chi connectivity index (χ4n) is 5.26. The molecule has 2 aliphatic rings. The molecule has 2 atom stereocenters. The van der Waals surface area contributed by atoms with Gasteiger partial charge >= 0.3 is 0 Å². The second-order valence-electron chi connectivity index (χ2n) is 9.06. The third-order valence-electron chi connectivity index (χ3n) is 6.75. The van der Waals surface area contributed by atoms with Gasteiger partial charge in [0.25, 0.3) is 11.5 Å². The Kier molecular flexibility index (Phi) is 5.91.